The topological polar surface area (TPSA) is 84.5 Å². The van der Waals surface area contributed by atoms with Crippen LogP contribution in [0, 0.1) is 0 Å². The number of carbonyl (C=O) groups excluding carboxylic acids is 1. The van der Waals surface area contributed by atoms with Gasteiger partial charge in [0, 0.05) is 10.2 Å². The van der Waals surface area contributed by atoms with E-state index >= 15 is 0 Å². The van der Waals surface area contributed by atoms with E-state index in [1.165, 1.54) is 6.07 Å². The summed E-state index contributed by atoms with van der Waals surface area (Å²) in [5.74, 6) is -0.152. The van der Waals surface area contributed by atoms with Gasteiger partial charge in [-0.2, -0.15) is 0 Å². The average Bonchev–Trinajstić information content (AvgIpc) is 2.64. The van der Waals surface area contributed by atoms with Crippen LogP contribution in [0.25, 0.3) is 0 Å². The van der Waals surface area contributed by atoms with Gasteiger partial charge in [-0.15, -0.1) is 0 Å². The smallest absolute Gasteiger partial charge is 0.263 e. The number of hydrogen-bond acceptors (Lipinski definition) is 4. The number of anilines is 1. The molecule has 8 heteroatoms. The molecule has 20 heavy (non-hydrogen) atoms. The SMILES string of the molecule is CC(C)(C)ONS(=O)(=O)c1cc2c(cc1Br)NC(=O)C2. The predicted octanol–water partition coefficient (Wildman–Crippen LogP) is 1.95. The summed E-state index contributed by atoms with van der Waals surface area (Å²) in [6.07, 6.45) is 0.172. The molecular formula is C12H15BrN2O4S. The van der Waals surface area contributed by atoms with Crippen molar-refractivity contribution in [2.45, 2.75) is 37.7 Å². The molecule has 0 bridgehead atoms. The summed E-state index contributed by atoms with van der Waals surface area (Å²) >= 11 is 3.20. The number of sulfonamides is 1. The average molecular weight is 363 g/mol. The van der Waals surface area contributed by atoms with E-state index in [0.717, 1.165) is 0 Å². The van der Waals surface area contributed by atoms with Gasteiger partial charge in [0.05, 0.1) is 16.9 Å². The third kappa shape index (κ3) is 3.38. The van der Waals surface area contributed by atoms with E-state index in [9.17, 15) is 13.2 Å². The highest BCUT2D eigenvalue weighted by Gasteiger charge is 2.26. The number of amides is 1. The van der Waals surface area contributed by atoms with Crippen LogP contribution < -0.4 is 10.2 Å². The van der Waals surface area contributed by atoms with Crippen LogP contribution in [0.5, 0.6) is 0 Å². The molecule has 1 amide bonds. The highest BCUT2D eigenvalue weighted by molar-refractivity contribution is 9.10. The Bertz CT molecular complexity index is 665. The molecule has 0 spiro atoms. The van der Waals surface area contributed by atoms with Crippen molar-refractivity contribution in [2.24, 2.45) is 0 Å². The first-order valence-corrected chi connectivity index (χ1v) is 8.18. The first-order chi connectivity index (χ1) is 9.08. The molecule has 0 unspecified atom stereocenters. The first-order valence-electron chi connectivity index (χ1n) is 5.90. The fraction of sp³-hybridized carbons (Fsp3) is 0.417. The van der Waals surface area contributed by atoms with Crippen molar-refractivity contribution >= 4 is 37.5 Å². The van der Waals surface area contributed by atoms with E-state index in [0.29, 0.717) is 15.7 Å². The van der Waals surface area contributed by atoms with E-state index in [4.69, 9.17) is 4.84 Å². The van der Waals surface area contributed by atoms with Gasteiger partial charge in [-0.05, 0) is 54.4 Å². The minimum Gasteiger partial charge on any atom is -0.325 e. The summed E-state index contributed by atoms with van der Waals surface area (Å²) in [6.45, 7) is 5.20. The number of rotatable bonds is 3. The van der Waals surface area contributed by atoms with E-state index in [2.05, 4.69) is 26.1 Å². The third-order valence-electron chi connectivity index (χ3n) is 2.53. The van der Waals surface area contributed by atoms with Gasteiger partial charge in [0.2, 0.25) is 5.91 Å². The lowest BCUT2D eigenvalue weighted by molar-refractivity contribution is -0.115. The first kappa shape index (κ1) is 15.4. The number of benzene rings is 1. The summed E-state index contributed by atoms with van der Waals surface area (Å²) in [7, 11) is -3.82. The number of halogens is 1. The van der Waals surface area contributed by atoms with Crippen LogP contribution in [0.3, 0.4) is 0 Å². The van der Waals surface area contributed by atoms with Gasteiger partial charge in [-0.25, -0.2) is 8.42 Å². The third-order valence-corrected chi connectivity index (χ3v) is 4.67. The number of carbonyl (C=O) groups is 1. The highest BCUT2D eigenvalue weighted by Crippen LogP contribution is 2.32. The van der Waals surface area contributed by atoms with Crippen LogP contribution >= 0.6 is 15.9 Å². The molecule has 0 saturated carbocycles. The van der Waals surface area contributed by atoms with Crippen LogP contribution in [0.15, 0.2) is 21.5 Å². The van der Waals surface area contributed by atoms with Gasteiger partial charge in [0.15, 0.2) is 0 Å². The highest BCUT2D eigenvalue weighted by atomic mass is 79.9. The lowest BCUT2D eigenvalue weighted by atomic mass is 10.2. The van der Waals surface area contributed by atoms with E-state index in [-0.39, 0.29) is 17.2 Å². The summed E-state index contributed by atoms with van der Waals surface area (Å²) in [5.41, 5.74) is 0.625. The summed E-state index contributed by atoms with van der Waals surface area (Å²) in [5, 5.41) is 2.66. The maximum Gasteiger partial charge on any atom is 0.263 e. The Labute approximate surface area is 126 Å². The molecule has 0 atom stereocenters. The summed E-state index contributed by atoms with van der Waals surface area (Å²) in [6, 6.07) is 3.04. The second kappa shape index (κ2) is 5.10. The number of nitrogens with one attached hydrogen (secondary N) is 2. The number of fused-ring (bicyclic) bond motifs is 1. The van der Waals surface area contributed by atoms with Crippen LogP contribution in [-0.2, 0) is 26.1 Å². The van der Waals surface area contributed by atoms with Gasteiger partial charge >= 0.3 is 0 Å². The molecule has 0 saturated heterocycles. The lowest BCUT2D eigenvalue weighted by Crippen LogP contribution is -2.33. The molecular weight excluding hydrogens is 348 g/mol. The largest absolute Gasteiger partial charge is 0.325 e. The van der Waals surface area contributed by atoms with E-state index in [1.807, 2.05) is 0 Å². The summed E-state index contributed by atoms with van der Waals surface area (Å²) in [4.78, 5) is 18.6. The van der Waals surface area contributed by atoms with Crippen molar-refractivity contribution in [2.75, 3.05) is 5.32 Å². The van der Waals surface area contributed by atoms with E-state index in [1.54, 1.807) is 26.8 Å². The Morgan fingerprint density at radius 2 is 2.00 bits per heavy atom. The van der Waals surface area contributed by atoms with Gasteiger partial charge in [-0.3, -0.25) is 9.63 Å². The fourth-order valence-electron chi connectivity index (χ4n) is 1.66. The zero-order valence-corrected chi connectivity index (χ0v) is 13.7. The van der Waals surface area contributed by atoms with Gasteiger partial charge in [0.25, 0.3) is 10.0 Å². The van der Waals surface area contributed by atoms with Crippen molar-refractivity contribution < 1.29 is 18.0 Å². The van der Waals surface area contributed by atoms with Crippen LogP contribution in [0.1, 0.15) is 26.3 Å². The lowest BCUT2D eigenvalue weighted by Gasteiger charge is -2.19. The molecule has 1 heterocycles. The predicted molar refractivity (Wildman–Crippen MR) is 77.6 cm³/mol. The van der Waals surface area contributed by atoms with Gasteiger partial charge in [-0.1, -0.05) is 4.89 Å². The normalized spacial score (nSPS) is 15.1. The molecule has 6 nitrogen and oxygen atoms in total. The molecule has 1 aromatic rings. The fourth-order valence-corrected chi connectivity index (χ4v) is 3.70. The van der Waals surface area contributed by atoms with Crippen molar-refractivity contribution in [3.05, 3.63) is 22.2 Å². The Morgan fingerprint density at radius 3 is 2.60 bits per heavy atom. The summed E-state index contributed by atoms with van der Waals surface area (Å²) < 4.78 is 24.8. The maximum absolute atomic E-state index is 12.2. The van der Waals surface area contributed by atoms with Crippen LogP contribution in [0.2, 0.25) is 0 Å². The van der Waals surface area contributed by atoms with Crippen molar-refractivity contribution in [3.8, 4) is 0 Å². The van der Waals surface area contributed by atoms with Crippen LogP contribution in [-0.4, -0.2) is 19.9 Å². The van der Waals surface area contributed by atoms with Crippen molar-refractivity contribution in [3.63, 3.8) is 0 Å². The van der Waals surface area contributed by atoms with Gasteiger partial charge in [0.1, 0.15) is 0 Å². The van der Waals surface area contributed by atoms with E-state index < -0.39 is 15.6 Å². The standard InChI is InChI=1S/C12H15BrN2O4S/c1-12(2,3)19-15-20(17,18)10-4-7-5-11(16)14-9(7)6-8(10)13/h4,6,15H,5H2,1-3H3,(H,14,16). The molecule has 0 fully saturated rings. The molecule has 2 N–H and O–H groups in total. The zero-order chi connectivity index (χ0) is 15.1. The molecule has 1 aromatic carbocycles. The molecule has 0 aliphatic carbocycles. The Morgan fingerprint density at radius 1 is 1.35 bits per heavy atom. The van der Waals surface area contributed by atoms with Crippen LogP contribution in [0.4, 0.5) is 5.69 Å². The van der Waals surface area contributed by atoms with Gasteiger partial charge < -0.3 is 5.32 Å². The minimum atomic E-state index is -3.82. The zero-order valence-electron chi connectivity index (χ0n) is 11.3. The number of hydrogen-bond donors (Lipinski definition) is 2. The monoisotopic (exact) mass is 362 g/mol. The maximum atomic E-state index is 12.2. The Hall–Kier alpha value is -0.960. The second-order valence-corrected chi connectivity index (χ2v) is 7.93. The second-order valence-electron chi connectivity index (χ2n) is 5.47. The molecule has 110 valence electrons. The molecule has 1 aliphatic rings. The minimum absolute atomic E-state index is 0.0389. The molecule has 0 aromatic heterocycles. The van der Waals surface area contributed by atoms with Crippen molar-refractivity contribution in [1.82, 2.24) is 4.89 Å². The molecule has 1 aliphatic heterocycles. The molecule has 2 rings (SSSR count). The quantitative estimate of drug-likeness (QED) is 0.804. The Kier molecular flexibility index (Phi) is 3.94. The Balaban J connectivity index is 2.34. The molecule has 0 radical (unpaired) electrons. The van der Waals surface area contributed by atoms with Crippen molar-refractivity contribution in [1.29, 1.82) is 0 Å².